The maximum Gasteiger partial charge on any atom is 0.410 e. The van der Waals surface area contributed by atoms with E-state index < -0.39 is 17.1 Å². The number of amides is 1. The molecule has 128 valence electrons. The quantitative estimate of drug-likeness (QED) is 0.815. The fourth-order valence-corrected chi connectivity index (χ4v) is 2.92. The van der Waals surface area contributed by atoms with Crippen LogP contribution >= 0.6 is 0 Å². The summed E-state index contributed by atoms with van der Waals surface area (Å²) in [6.45, 7) is 14.2. The number of rotatable bonds is 6. The van der Waals surface area contributed by atoms with Gasteiger partial charge in [-0.3, -0.25) is 9.69 Å². The molecule has 1 fully saturated rings. The van der Waals surface area contributed by atoms with E-state index in [0.29, 0.717) is 19.0 Å². The van der Waals surface area contributed by atoms with E-state index in [2.05, 4.69) is 18.7 Å². The Balaban J connectivity index is 2.78. The van der Waals surface area contributed by atoms with Gasteiger partial charge < -0.3 is 14.7 Å². The van der Waals surface area contributed by atoms with Gasteiger partial charge in [0, 0.05) is 19.6 Å². The van der Waals surface area contributed by atoms with Crippen molar-refractivity contribution in [3.8, 4) is 0 Å². The number of nitrogens with zero attached hydrogens (tertiary/aromatic N) is 2. The molecule has 22 heavy (non-hydrogen) atoms. The Morgan fingerprint density at radius 2 is 1.86 bits per heavy atom. The molecule has 0 saturated carbocycles. The minimum absolute atomic E-state index is 0.0485. The van der Waals surface area contributed by atoms with Gasteiger partial charge in [0.25, 0.3) is 0 Å². The Bertz CT molecular complexity index is 409. The second-order valence-electron chi connectivity index (χ2n) is 7.56. The number of carboxylic acids is 1. The highest BCUT2D eigenvalue weighted by molar-refractivity contribution is 5.73. The van der Waals surface area contributed by atoms with Crippen LogP contribution < -0.4 is 0 Å². The fourth-order valence-electron chi connectivity index (χ4n) is 2.92. The normalized spacial score (nSPS) is 17.5. The number of carbonyl (C=O) groups is 2. The van der Waals surface area contributed by atoms with Gasteiger partial charge in [-0.25, -0.2) is 4.79 Å². The molecule has 1 N–H and O–H groups in total. The molecular formula is C16H30N2O4. The van der Waals surface area contributed by atoms with Gasteiger partial charge in [0.2, 0.25) is 0 Å². The van der Waals surface area contributed by atoms with Crippen LogP contribution in [0.5, 0.6) is 0 Å². The van der Waals surface area contributed by atoms with E-state index >= 15 is 0 Å². The molecule has 0 aliphatic carbocycles. The standard InChI is InChI=1S/C16H30N2O4/c1-7-18(9-12(2)3)16(8-13(19)20)10-17(11-16)14(21)22-15(4,5)6/h12H,7-11H2,1-6H3,(H,19,20). The van der Waals surface area contributed by atoms with E-state index in [4.69, 9.17) is 4.74 Å². The van der Waals surface area contributed by atoms with Gasteiger partial charge >= 0.3 is 12.1 Å². The van der Waals surface area contributed by atoms with Gasteiger partial charge in [0.05, 0.1) is 12.0 Å². The zero-order chi connectivity index (χ0) is 17.1. The molecule has 0 atom stereocenters. The molecule has 0 aromatic rings. The van der Waals surface area contributed by atoms with Crippen molar-refractivity contribution >= 4 is 12.1 Å². The molecule has 0 radical (unpaired) electrons. The summed E-state index contributed by atoms with van der Waals surface area (Å²) < 4.78 is 5.36. The van der Waals surface area contributed by atoms with Crippen molar-refractivity contribution in [2.75, 3.05) is 26.2 Å². The third-order valence-electron chi connectivity index (χ3n) is 3.74. The van der Waals surface area contributed by atoms with E-state index in [-0.39, 0.29) is 12.5 Å². The van der Waals surface area contributed by atoms with Crippen LogP contribution in [0, 0.1) is 5.92 Å². The van der Waals surface area contributed by atoms with Crippen LogP contribution in [0.25, 0.3) is 0 Å². The highest BCUT2D eigenvalue weighted by atomic mass is 16.6. The molecular weight excluding hydrogens is 284 g/mol. The molecule has 0 spiro atoms. The maximum atomic E-state index is 12.1. The lowest BCUT2D eigenvalue weighted by molar-refractivity contribution is -0.146. The van der Waals surface area contributed by atoms with Crippen LogP contribution in [0.2, 0.25) is 0 Å². The number of hydrogen-bond donors (Lipinski definition) is 1. The summed E-state index contributed by atoms with van der Waals surface area (Å²) in [6, 6.07) is 0. The van der Waals surface area contributed by atoms with E-state index in [1.165, 1.54) is 0 Å². The predicted octanol–water partition coefficient (Wildman–Crippen LogP) is 2.43. The van der Waals surface area contributed by atoms with E-state index in [1.54, 1.807) is 4.90 Å². The molecule has 1 rings (SSSR count). The lowest BCUT2D eigenvalue weighted by Gasteiger charge is -2.55. The van der Waals surface area contributed by atoms with Crippen LogP contribution in [-0.2, 0) is 9.53 Å². The second-order valence-corrected chi connectivity index (χ2v) is 7.56. The van der Waals surface area contributed by atoms with Crippen LogP contribution in [0.4, 0.5) is 4.79 Å². The van der Waals surface area contributed by atoms with E-state index in [9.17, 15) is 14.7 Å². The van der Waals surface area contributed by atoms with Crippen LogP contribution in [0.15, 0.2) is 0 Å². The highest BCUT2D eigenvalue weighted by Gasteiger charge is 2.51. The monoisotopic (exact) mass is 314 g/mol. The second kappa shape index (κ2) is 6.86. The van der Waals surface area contributed by atoms with E-state index in [1.807, 2.05) is 27.7 Å². The largest absolute Gasteiger partial charge is 0.481 e. The Morgan fingerprint density at radius 3 is 2.23 bits per heavy atom. The van der Waals surface area contributed by atoms with Crippen molar-refractivity contribution in [3.05, 3.63) is 0 Å². The fraction of sp³-hybridized carbons (Fsp3) is 0.875. The minimum atomic E-state index is -0.828. The van der Waals surface area contributed by atoms with Gasteiger partial charge in [-0.2, -0.15) is 0 Å². The molecule has 1 heterocycles. The van der Waals surface area contributed by atoms with Gasteiger partial charge in [-0.15, -0.1) is 0 Å². The SMILES string of the molecule is CCN(CC(C)C)C1(CC(=O)O)CN(C(=O)OC(C)(C)C)C1. The zero-order valence-corrected chi connectivity index (χ0v) is 14.7. The molecule has 1 aliphatic rings. The van der Waals surface area contributed by atoms with Gasteiger partial charge in [0.1, 0.15) is 5.60 Å². The lowest BCUT2D eigenvalue weighted by Crippen LogP contribution is -2.72. The van der Waals surface area contributed by atoms with Gasteiger partial charge in [-0.1, -0.05) is 20.8 Å². The summed E-state index contributed by atoms with van der Waals surface area (Å²) in [4.78, 5) is 27.1. The van der Waals surface area contributed by atoms with Crippen molar-refractivity contribution in [3.63, 3.8) is 0 Å². The van der Waals surface area contributed by atoms with Crippen LogP contribution in [-0.4, -0.2) is 64.3 Å². The summed E-state index contributed by atoms with van der Waals surface area (Å²) in [5, 5.41) is 9.24. The Morgan fingerprint density at radius 1 is 1.32 bits per heavy atom. The van der Waals surface area contributed by atoms with E-state index in [0.717, 1.165) is 13.1 Å². The number of hydrogen-bond acceptors (Lipinski definition) is 4. The van der Waals surface area contributed by atoms with Crippen LogP contribution in [0.1, 0.15) is 48.0 Å². The minimum Gasteiger partial charge on any atom is -0.481 e. The van der Waals surface area contributed by atoms with Crippen molar-refractivity contribution in [1.82, 2.24) is 9.80 Å². The number of ether oxygens (including phenoxy) is 1. The smallest absolute Gasteiger partial charge is 0.410 e. The summed E-state index contributed by atoms with van der Waals surface area (Å²) in [6.07, 6.45) is -0.318. The summed E-state index contributed by atoms with van der Waals surface area (Å²) in [7, 11) is 0. The molecule has 0 aromatic heterocycles. The number of carbonyl (C=O) groups excluding carboxylic acids is 1. The van der Waals surface area contributed by atoms with Crippen molar-refractivity contribution in [1.29, 1.82) is 0 Å². The molecule has 1 saturated heterocycles. The molecule has 0 unspecified atom stereocenters. The summed E-state index contributed by atoms with van der Waals surface area (Å²) in [5.74, 6) is -0.382. The van der Waals surface area contributed by atoms with Crippen LogP contribution in [0.3, 0.4) is 0 Å². The summed E-state index contributed by atoms with van der Waals surface area (Å²) in [5.41, 5.74) is -1.01. The Hall–Kier alpha value is -1.30. The zero-order valence-electron chi connectivity index (χ0n) is 14.7. The average molecular weight is 314 g/mol. The maximum absolute atomic E-state index is 12.1. The highest BCUT2D eigenvalue weighted by Crippen LogP contribution is 2.33. The molecule has 0 aromatic carbocycles. The first-order valence-corrected chi connectivity index (χ1v) is 7.94. The number of carboxylic acid groups (broad SMARTS) is 1. The van der Waals surface area contributed by atoms with Gasteiger partial charge in [0.15, 0.2) is 0 Å². The topological polar surface area (TPSA) is 70.1 Å². The lowest BCUT2D eigenvalue weighted by atomic mass is 9.83. The van der Waals surface area contributed by atoms with Crippen molar-refractivity contribution < 1.29 is 19.4 Å². The number of aliphatic carboxylic acids is 1. The van der Waals surface area contributed by atoms with Crippen molar-refractivity contribution in [2.24, 2.45) is 5.92 Å². The van der Waals surface area contributed by atoms with Crippen molar-refractivity contribution in [2.45, 2.75) is 59.1 Å². The average Bonchev–Trinajstić information content (AvgIpc) is 2.27. The molecule has 1 aliphatic heterocycles. The summed E-state index contributed by atoms with van der Waals surface area (Å²) >= 11 is 0. The molecule has 6 heteroatoms. The Kier molecular flexibility index (Phi) is 5.84. The first-order chi connectivity index (χ1) is 9.99. The molecule has 1 amide bonds. The third kappa shape index (κ3) is 4.87. The number of likely N-dealkylation sites (tertiary alicyclic amines) is 1. The Labute approximate surface area is 133 Å². The first kappa shape index (κ1) is 18.7. The molecule has 0 bridgehead atoms. The first-order valence-electron chi connectivity index (χ1n) is 7.94. The van der Waals surface area contributed by atoms with Gasteiger partial charge in [-0.05, 0) is 33.2 Å². The predicted molar refractivity (Wildman–Crippen MR) is 84.9 cm³/mol. The third-order valence-corrected chi connectivity index (χ3v) is 3.74. The number of likely N-dealkylation sites (N-methyl/N-ethyl adjacent to an activating group) is 1. The molecule has 6 nitrogen and oxygen atoms in total.